The molecule has 0 fully saturated rings. The lowest BCUT2D eigenvalue weighted by Gasteiger charge is -2.15. The molecule has 136 valence electrons. The summed E-state index contributed by atoms with van der Waals surface area (Å²) in [6.07, 6.45) is 3.22. The molecule has 9 nitrogen and oxygen atoms in total. The standard InChI is InChI=1S/C18H16N6O3/c1-22(10-15-20-17(21-27-15)13-6-3-2-4-7-13)16(25)11-24-18(26)14-8-5-9-23(14)12-19-24/h2-9,12H,10-11H2,1H3. The second kappa shape index (κ2) is 6.87. The minimum atomic E-state index is -0.326. The van der Waals surface area contributed by atoms with E-state index in [1.165, 1.54) is 11.2 Å². The van der Waals surface area contributed by atoms with Gasteiger partial charge in [0, 0.05) is 18.8 Å². The number of hydrogen-bond donors (Lipinski definition) is 0. The number of likely N-dealkylation sites (N-methyl/N-ethyl adjacent to an activating group) is 1. The molecule has 0 aliphatic heterocycles. The number of rotatable bonds is 5. The van der Waals surface area contributed by atoms with Gasteiger partial charge in [0.1, 0.15) is 18.4 Å². The van der Waals surface area contributed by atoms with Crippen LogP contribution < -0.4 is 5.56 Å². The van der Waals surface area contributed by atoms with Gasteiger partial charge in [0.05, 0.1) is 6.54 Å². The van der Waals surface area contributed by atoms with Crippen LogP contribution in [0.5, 0.6) is 0 Å². The summed E-state index contributed by atoms with van der Waals surface area (Å²) in [6, 6.07) is 12.8. The average Bonchev–Trinajstić information content (AvgIpc) is 3.34. The second-order valence-corrected chi connectivity index (χ2v) is 6.02. The molecule has 1 aromatic carbocycles. The van der Waals surface area contributed by atoms with Gasteiger partial charge < -0.3 is 13.8 Å². The zero-order chi connectivity index (χ0) is 18.8. The SMILES string of the molecule is CN(Cc1nc(-c2ccccc2)no1)C(=O)Cn1ncn2cccc2c1=O. The Kier molecular flexibility index (Phi) is 4.25. The molecule has 0 aliphatic carbocycles. The van der Waals surface area contributed by atoms with Gasteiger partial charge in [-0.1, -0.05) is 35.5 Å². The lowest BCUT2D eigenvalue weighted by molar-refractivity contribution is -0.131. The highest BCUT2D eigenvalue weighted by atomic mass is 16.5. The van der Waals surface area contributed by atoms with Gasteiger partial charge in [0.15, 0.2) is 0 Å². The van der Waals surface area contributed by atoms with Crippen molar-refractivity contribution in [2.24, 2.45) is 0 Å². The van der Waals surface area contributed by atoms with Crippen molar-refractivity contribution in [2.75, 3.05) is 7.05 Å². The predicted octanol–water partition coefficient (Wildman–Crippen LogP) is 1.20. The Bertz CT molecular complexity index is 1140. The monoisotopic (exact) mass is 364 g/mol. The Labute approximate surface area is 153 Å². The first kappa shape index (κ1) is 16.7. The highest BCUT2D eigenvalue weighted by Crippen LogP contribution is 2.15. The van der Waals surface area contributed by atoms with E-state index in [4.69, 9.17) is 4.52 Å². The van der Waals surface area contributed by atoms with Crippen LogP contribution in [-0.4, -0.2) is 42.2 Å². The maximum atomic E-state index is 12.4. The van der Waals surface area contributed by atoms with Crippen molar-refractivity contribution in [1.29, 1.82) is 0 Å². The van der Waals surface area contributed by atoms with Crippen LogP contribution in [0.2, 0.25) is 0 Å². The Hall–Kier alpha value is -3.75. The van der Waals surface area contributed by atoms with Crippen LogP contribution in [0.3, 0.4) is 0 Å². The fourth-order valence-electron chi connectivity index (χ4n) is 2.65. The third-order valence-electron chi connectivity index (χ3n) is 4.13. The van der Waals surface area contributed by atoms with Gasteiger partial charge in [-0.3, -0.25) is 9.59 Å². The molecule has 0 unspecified atom stereocenters. The summed E-state index contributed by atoms with van der Waals surface area (Å²) >= 11 is 0. The summed E-state index contributed by atoms with van der Waals surface area (Å²) in [5.74, 6) is 0.482. The van der Waals surface area contributed by atoms with Gasteiger partial charge in [-0.2, -0.15) is 10.1 Å². The van der Waals surface area contributed by atoms with Crippen LogP contribution in [0.1, 0.15) is 5.89 Å². The molecular formula is C18H16N6O3. The Morgan fingerprint density at radius 2 is 2.00 bits per heavy atom. The number of benzene rings is 1. The summed E-state index contributed by atoms with van der Waals surface area (Å²) in [7, 11) is 1.61. The van der Waals surface area contributed by atoms with Gasteiger partial charge in [-0.15, -0.1) is 0 Å². The normalized spacial score (nSPS) is 11.0. The minimum Gasteiger partial charge on any atom is -0.337 e. The molecule has 3 aromatic heterocycles. The van der Waals surface area contributed by atoms with Gasteiger partial charge in [0.2, 0.25) is 17.6 Å². The molecule has 0 N–H and O–H groups in total. The van der Waals surface area contributed by atoms with E-state index in [1.807, 2.05) is 30.3 Å². The number of hydrogen-bond acceptors (Lipinski definition) is 6. The van der Waals surface area contributed by atoms with Crippen LogP contribution in [0, 0.1) is 0 Å². The van der Waals surface area contributed by atoms with Crippen LogP contribution in [0.4, 0.5) is 0 Å². The van der Waals surface area contributed by atoms with Crippen molar-refractivity contribution in [3.8, 4) is 11.4 Å². The third kappa shape index (κ3) is 3.34. The predicted molar refractivity (Wildman–Crippen MR) is 95.7 cm³/mol. The average molecular weight is 364 g/mol. The number of nitrogens with zero attached hydrogens (tertiary/aromatic N) is 6. The molecule has 0 bridgehead atoms. The van der Waals surface area contributed by atoms with E-state index in [2.05, 4.69) is 15.2 Å². The van der Waals surface area contributed by atoms with Crippen molar-refractivity contribution >= 4 is 11.4 Å². The quantitative estimate of drug-likeness (QED) is 0.528. The molecule has 3 heterocycles. The number of carbonyl (C=O) groups excluding carboxylic acids is 1. The van der Waals surface area contributed by atoms with Crippen molar-refractivity contribution in [3.63, 3.8) is 0 Å². The maximum Gasteiger partial charge on any atom is 0.291 e. The summed E-state index contributed by atoms with van der Waals surface area (Å²) in [5.41, 5.74) is 0.969. The molecule has 27 heavy (non-hydrogen) atoms. The maximum absolute atomic E-state index is 12.4. The van der Waals surface area contributed by atoms with E-state index in [-0.39, 0.29) is 24.6 Å². The summed E-state index contributed by atoms with van der Waals surface area (Å²) in [4.78, 5) is 30.5. The highest BCUT2D eigenvalue weighted by Gasteiger charge is 2.16. The van der Waals surface area contributed by atoms with E-state index < -0.39 is 0 Å². The van der Waals surface area contributed by atoms with Crippen LogP contribution in [-0.2, 0) is 17.9 Å². The first-order valence-electron chi connectivity index (χ1n) is 8.26. The largest absolute Gasteiger partial charge is 0.337 e. The Morgan fingerprint density at radius 3 is 2.81 bits per heavy atom. The van der Waals surface area contributed by atoms with E-state index >= 15 is 0 Å². The number of aromatic nitrogens is 5. The topological polar surface area (TPSA) is 98.5 Å². The molecule has 0 saturated carbocycles. The van der Waals surface area contributed by atoms with E-state index in [9.17, 15) is 9.59 Å². The molecule has 0 aliphatic rings. The molecule has 0 atom stereocenters. The zero-order valence-corrected chi connectivity index (χ0v) is 14.5. The highest BCUT2D eigenvalue weighted by molar-refractivity contribution is 5.75. The number of amides is 1. The summed E-state index contributed by atoms with van der Waals surface area (Å²) in [6.45, 7) is -0.0303. The van der Waals surface area contributed by atoms with Gasteiger partial charge in [-0.25, -0.2) is 4.68 Å². The van der Waals surface area contributed by atoms with E-state index in [0.717, 1.165) is 10.2 Å². The molecular weight excluding hydrogens is 348 g/mol. The van der Waals surface area contributed by atoms with Gasteiger partial charge in [-0.05, 0) is 12.1 Å². The molecule has 9 heteroatoms. The smallest absolute Gasteiger partial charge is 0.291 e. The van der Waals surface area contributed by atoms with E-state index in [0.29, 0.717) is 17.2 Å². The van der Waals surface area contributed by atoms with Crippen molar-refractivity contribution in [3.05, 3.63) is 71.2 Å². The van der Waals surface area contributed by atoms with Crippen LogP contribution in [0.25, 0.3) is 16.9 Å². The minimum absolute atomic E-state index is 0.140. The lowest BCUT2D eigenvalue weighted by atomic mass is 10.2. The molecule has 0 radical (unpaired) electrons. The van der Waals surface area contributed by atoms with Crippen LogP contribution in [0.15, 0.2) is 64.3 Å². The van der Waals surface area contributed by atoms with E-state index in [1.54, 1.807) is 29.8 Å². The number of carbonyl (C=O) groups is 1. The Morgan fingerprint density at radius 1 is 1.19 bits per heavy atom. The first-order chi connectivity index (χ1) is 13.1. The number of fused-ring (bicyclic) bond motifs is 1. The summed E-state index contributed by atoms with van der Waals surface area (Å²) in [5, 5.41) is 7.95. The van der Waals surface area contributed by atoms with Crippen molar-refractivity contribution in [2.45, 2.75) is 13.1 Å². The molecule has 4 aromatic rings. The van der Waals surface area contributed by atoms with Gasteiger partial charge >= 0.3 is 0 Å². The third-order valence-corrected chi connectivity index (χ3v) is 4.13. The van der Waals surface area contributed by atoms with Crippen molar-refractivity contribution in [1.82, 2.24) is 29.2 Å². The molecule has 1 amide bonds. The first-order valence-corrected chi connectivity index (χ1v) is 8.26. The van der Waals surface area contributed by atoms with Gasteiger partial charge in [0.25, 0.3) is 5.56 Å². The summed E-state index contributed by atoms with van der Waals surface area (Å²) < 4.78 is 7.96. The zero-order valence-electron chi connectivity index (χ0n) is 14.5. The molecule has 0 spiro atoms. The molecule has 4 rings (SSSR count). The fraction of sp³-hybridized carbons (Fsp3) is 0.167. The lowest BCUT2D eigenvalue weighted by Crippen LogP contribution is -2.35. The Balaban J connectivity index is 1.45. The second-order valence-electron chi connectivity index (χ2n) is 6.02. The van der Waals surface area contributed by atoms with Crippen LogP contribution >= 0.6 is 0 Å². The van der Waals surface area contributed by atoms with Crippen molar-refractivity contribution < 1.29 is 9.32 Å². The fourth-order valence-corrected chi connectivity index (χ4v) is 2.65. The molecule has 0 saturated heterocycles.